The van der Waals surface area contributed by atoms with E-state index < -0.39 is 5.41 Å². The third kappa shape index (κ3) is 2.92. The second kappa shape index (κ2) is 5.11. The number of primary amides is 1. The Morgan fingerprint density at radius 2 is 1.93 bits per heavy atom. The maximum absolute atomic E-state index is 11.3. The Hall–Kier alpha value is -1.10. The van der Waals surface area contributed by atoms with Crippen LogP contribution in [0.5, 0.6) is 0 Å². The molecule has 0 aromatic heterocycles. The molecule has 0 saturated heterocycles. The molecule has 1 aliphatic rings. The van der Waals surface area contributed by atoms with Crippen molar-refractivity contribution in [1.82, 2.24) is 10.6 Å². The lowest BCUT2D eigenvalue weighted by Gasteiger charge is -2.25. The van der Waals surface area contributed by atoms with Gasteiger partial charge in [0.25, 0.3) is 0 Å². The number of rotatable bonds is 5. The van der Waals surface area contributed by atoms with Crippen LogP contribution in [0.25, 0.3) is 0 Å². The monoisotopic (exact) mass is 213 g/mol. The van der Waals surface area contributed by atoms with Crippen LogP contribution in [0.2, 0.25) is 0 Å². The minimum Gasteiger partial charge on any atom is -0.369 e. The number of carbonyl (C=O) groups is 2. The molecule has 1 rings (SSSR count). The number of hydrogen-bond donors (Lipinski definition) is 3. The van der Waals surface area contributed by atoms with Crippen LogP contribution in [0.3, 0.4) is 0 Å². The van der Waals surface area contributed by atoms with Gasteiger partial charge in [0.1, 0.15) is 0 Å². The molecule has 5 heteroatoms. The van der Waals surface area contributed by atoms with Crippen LogP contribution in [0.15, 0.2) is 0 Å². The summed E-state index contributed by atoms with van der Waals surface area (Å²) in [7, 11) is 1.71. The lowest BCUT2D eigenvalue weighted by atomic mass is 9.85. The fourth-order valence-corrected chi connectivity index (χ4v) is 2.05. The first-order chi connectivity index (χ1) is 7.10. The van der Waals surface area contributed by atoms with Gasteiger partial charge in [-0.05, 0) is 19.9 Å². The van der Waals surface area contributed by atoms with Crippen molar-refractivity contribution in [3.05, 3.63) is 0 Å². The van der Waals surface area contributed by atoms with Gasteiger partial charge in [-0.25, -0.2) is 0 Å². The Morgan fingerprint density at radius 3 is 2.40 bits per heavy atom. The highest BCUT2D eigenvalue weighted by molar-refractivity contribution is 5.83. The van der Waals surface area contributed by atoms with Crippen LogP contribution in [-0.2, 0) is 9.59 Å². The van der Waals surface area contributed by atoms with Crippen molar-refractivity contribution in [3.63, 3.8) is 0 Å². The van der Waals surface area contributed by atoms with Gasteiger partial charge in [0.2, 0.25) is 11.8 Å². The molecule has 0 aromatic rings. The van der Waals surface area contributed by atoms with Gasteiger partial charge < -0.3 is 16.4 Å². The first kappa shape index (κ1) is 12.0. The van der Waals surface area contributed by atoms with E-state index in [-0.39, 0.29) is 18.4 Å². The van der Waals surface area contributed by atoms with Crippen molar-refractivity contribution in [2.24, 2.45) is 11.1 Å². The summed E-state index contributed by atoms with van der Waals surface area (Å²) >= 11 is 0. The molecule has 0 aromatic carbocycles. The van der Waals surface area contributed by atoms with Gasteiger partial charge in [-0.2, -0.15) is 0 Å². The van der Waals surface area contributed by atoms with E-state index in [1.54, 1.807) is 7.05 Å². The fourth-order valence-electron chi connectivity index (χ4n) is 2.05. The van der Waals surface area contributed by atoms with E-state index in [1.807, 2.05) is 0 Å². The second-order valence-corrected chi connectivity index (χ2v) is 4.16. The standard InChI is InChI=1S/C10H19N3O2/c1-12-6-8(14)13-7-10(9(11)15)4-2-3-5-10/h12H,2-7H2,1H3,(H2,11,15)(H,13,14). The number of hydrogen-bond acceptors (Lipinski definition) is 3. The van der Waals surface area contributed by atoms with E-state index in [0.717, 1.165) is 25.7 Å². The highest BCUT2D eigenvalue weighted by Gasteiger charge is 2.39. The summed E-state index contributed by atoms with van der Waals surface area (Å²) in [4.78, 5) is 22.6. The smallest absolute Gasteiger partial charge is 0.233 e. The minimum atomic E-state index is -0.497. The van der Waals surface area contributed by atoms with Crippen LogP contribution in [0.1, 0.15) is 25.7 Å². The molecule has 1 aliphatic carbocycles. The highest BCUT2D eigenvalue weighted by Crippen LogP contribution is 2.37. The molecule has 0 bridgehead atoms. The molecule has 15 heavy (non-hydrogen) atoms. The average molecular weight is 213 g/mol. The maximum Gasteiger partial charge on any atom is 0.233 e. The highest BCUT2D eigenvalue weighted by atomic mass is 16.2. The predicted octanol–water partition coefficient (Wildman–Crippen LogP) is -0.632. The van der Waals surface area contributed by atoms with Gasteiger partial charge >= 0.3 is 0 Å². The summed E-state index contributed by atoms with van der Waals surface area (Å²) in [6, 6.07) is 0. The van der Waals surface area contributed by atoms with Crippen LogP contribution in [0, 0.1) is 5.41 Å². The molecule has 0 heterocycles. The molecule has 1 fully saturated rings. The summed E-state index contributed by atoms with van der Waals surface area (Å²) in [5.41, 5.74) is 4.89. The van der Waals surface area contributed by atoms with Crippen molar-refractivity contribution in [2.75, 3.05) is 20.1 Å². The minimum absolute atomic E-state index is 0.0926. The molecule has 0 unspecified atom stereocenters. The first-order valence-corrected chi connectivity index (χ1v) is 5.32. The molecule has 0 atom stereocenters. The Balaban J connectivity index is 2.46. The SMILES string of the molecule is CNCC(=O)NCC1(C(N)=O)CCCC1. The zero-order valence-corrected chi connectivity index (χ0v) is 9.14. The zero-order chi connectivity index (χ0) is 11.3. The fraction of sp³-hybridized carbons (Fsp3) is 0.800. The average Bonchev–Trinajstić information content (AvgIpc) is 2.65. The number of nitrogens with two attached hydrogens (primary N) is 1. The molecule has 0 spiro atoms. The third-order valence-corrected chi connectivity index (χ3v) is 3.04. The zero-order valence-electron chi connectivity index (χ0n) is 9.14. The number of likely N-dealkylation sites (N-methyl/N-ethyl adjacent to an activating group) is 1. The largest absolute Gasteiger partial charge is 0.369 e. The summed E-state index contributed by atoms with van der Waals surface area (Å²) < 4.78 is 0. The quantitative estimate of drug-likeness (QED) is 0.568. The van der Waals surface area contributed by atoms with Gasteiger partial charge in [-0.3, -0.25) is 9.59 Å². The lowest BCUT2D eigenvalue weighted by molar-refractivity contribution is -0.128. The molecule has 0 radical (unpaired) electrons. The van der Waals surface area contributed by atoms with Crippen molar-refractivity contribution in [2.45, 2.75) is 25.7 Å². The van der Waals surface area contributed by atoms with Crippen LogP contribution in [-0.4, -0.2) is 32.0 Å². The number of nitrogens with one attached hydrogen (secondary N) is 2. The van der Waals surface area contributed by atoms with Gasteiger partial charge in [0.05, 0.1) is 12.0 Å². The molecule has 86 valence electrons. The molecular formula is C10H19N3O2. The lowest BCUT2D eigenvalue weighted by Crippen LogP contribution is -2.46. The van der Waals surface area contributed by atoms with Gasteiger partial charge in [0.15, 0.2) is 0 Å². The molecule has 0 aliphatic heterocycles. The van der Waals surface area contributed by atoms with Gasteiger partial charge in [-0.15, -0.1) is 0 Å². The number of amides is 2. The molecule has 1 saturated carbocycles. The van der Waals surface area contributed by atoms with Crippen molar-refractivity contribution < 1.29 is 9.59 Å². The summed E-state index contributed by atoms with van der Waals surface area (Å²) in [6.45, 7) is 0.650. The first-order valence-electron chi connectivity index (χ1n) is 5.32. The second-order valence-electron chi connectivity index (χ2n) is 4.16. The van der Waals surface area contributed by atoms with E-state index in [1.165, 1.54) is 0 Å². The van der Waals surface area contributed by atoms with Gasteiger partial charge in [-0.1, -0.05) is 12.8 Å². The van der Waals surface area contributed by atoms with E-state index >= 15 is 0 Å². The molecule has 5 nitrogen and oxygen atoms in total. The van der Waals surface area contributed by atoms with Crippen molar-refractivity contribution >= 4 is 11.8 Å². The molecule has 4 N–H and O–H groups in total. The molecular weight excluding hydrogens is 194 g/mol. The van der Waals surface area contributed by atoms with Crippen LogP contribution < -0.4 is 16.4 Å². The topological polar surface area (TPSA) is 84.2 Å². The van der Waals surface area contributed by atoms with E-state index in [0.29, 0.717) is 6.54 Å². The Bertz CT molecular complexity index is 247. The van der Waals surface area contributed by atoms with Crippen molar-refractivity contribution in [1.29, 1.82) is 0 Å². The van der Waals surface area contributed by atoms with E-state index in [2.05, 4.69) is 10.6 Å². The van der Waals surface area contributed by atoms with Gasteiger partial charge in [0, 0.05) is 6.54 Å². The van der Waals surface area contributed by atoms with Crippen LogP contribution >= 0.6 is 0 Å². The summed E-state index contributed by atoms with van der Waals surface area (Å²) in [5.74, 6) is -0.380. The van der Waals surface area contributed by atoms with E-state index in [4.69, 9.17) is 5.73 Å². The maximum atomic E-state index is 11.3. The molecule has 2 amide bonds. The Morgan fingerprint density at radius 1 is 1.33 bits per heavy atom. The van der Waals surface area contributed by atoms with Crippen molar-refractivity contribution in [3.8, 4) is 0 Å². The Kier molecular flexibility index (Phi) is 4.08. The third-order valence-electron chi connectivity index (χ3n) is 3.04. The Labute approximate surface area is 89.8 Å². The summed E-state index contributed by atoms with van der Waals surface area (Å²) in [5, 5.41) is 5.50. The predicted molar refractivity (Wildman–Crippen MR) is 57.0 cm³/mol. The number of carbonyl (C=O) groups excluding carboxylic acids is 2. The summed E-state index contributed by atoms with van der Waals surface area (Å²) in [6.07, 6.45) is 3.63. The van der Waals surface area contributed by atoms with Crippen LogP contribution in [0.4, 0.5) is 0 Å². The van der Waals surface area contributed by atoms with E-state index in [9.17, 15) is 9.59 Å². The normalized spacial score (nSPS) is 18.7.